The van der Waals surface area contributed by atoms with Crippen molar-refractivity contribution in [3.05, 3.63) is 64.7 Å². The Bertz CT molecular complexity index is 626. The lowest BCUT2D eigenvalue weighted by atomic mass is 10.2. The summed E-state index contributed by atoms with van der Waals surface area (Å²) in [5.74, 6) is -0.351. The van der Waals surface area contributed by atoms with Crippen molar-refractivity contribution in [2.24, 2.45) is 5.10 Å². The molecule has 0 aliphatic rings. The van der Waals surface area contributed by atoms with Gasteiger partial charge in [-0.25, -0.2) is 5.43 Å². The highest BCUT2D eigenvalue weighted by Gasteiger charge is 2.06. The minimum absolute atomic E-state index is 0.351. The number of carbonyl (C=O) groups excluding carboxylic acids is 1. The first-order valence-corrected chi connectivity index (χ1v) is 5.98. The zero-order chi connectivity index (χ0) is 13.7. The maximum atomic E-state index is 11.8. The fraction of sp³-hybridized carbons (Fsp3) is 0. The number of nitrogens with one attached hydrogen (secondary N) is 1. The van der Waals surface area contributed by atoms with E-state index < -0.39 is 0 Å². The predicted octanol–water partition coefficient (Wildman–Crippen LogP) is 2.69. The molecule has 4 nitrogen and oxygen atoms in total. The second kappa shape index (κ2) is 6.02. The van der Waals surface area contributed by atoms with Crippen LogP contribution in [0.1, 0.15) is 15.9 Å². The van der Waals surface area contributed by atoms with E-state index in [1.165, 1.54) is 6.21 Å². The first-order chi connectivity index (χ1) is 9.16. The lowest BCUT2D eigenvalue weighted by Gasteiger charge is -2.02. The molecule has 2 aromatic rings. The van der Waals surface area contributed by atoms with Crippen LogP contribution in [0.3, 0.4) is 0 Å². The highest BCUT2D eigenvalue weighted by atomic mass is 35.5. The number of nitrogen functional groups attached to an aromatic ring is 1. The summed E-state index contributed by atoms with van der Waals surface area (Å²) >= 11 is 5.84. The molecule has 0 radical (unpaired) electrons. The van der Waals surface area contributed by atoms with E-state index in [2.05, 4.69) is 10.5 Å². The molecular weight excluding hydrogens is 262 g/mol. The van der Waals surface area contributed by atoms with Gasteiger partial charge in [0.15, 0.2) is 0 Å². The molecule has 0 saturated carbocycles. The number of nitrogens with zero attached hydrogens (tertiary/aromatic N) is 1. The second-order valence-corrected chi connectivity index (χ2v) is 4.28. The van der Waals surface area contributed by atoms with Gasteiger partial charge in [-0.2, -0.15) is 5.10 Å². The average molecular weight is 274 g/mol. The fourth-order valence-corrected chi connectivity index (χ4v) is 1.72. The van der Waals surface area contributed by atoms with Crippen LogP contribution in [0.15, 0.2) is 53.6 Å². The Morgan fingerprint density at radius 2 is 2.00 bits per heavy atom. The van der Waals surface area contributed by atoms with Crippen LogP contribution in [0.2, 0.25) is 5.02 Å². The van der Waals surface area contributed by atoms with Crippen LogP contribution < -0.4 is 11.2 Å². The van der Waals surface area contributed by atoms with Gasteiger partial charge >= 0.3 is 0 Å². The van der Waals surface area contributed by atoms with Gasteiger partial charge in [-0.1, -0.05) is 35.9 Å². The Hall–Kier alpha value is -2.33. The first kappa shape index (κ1) is 13.1. The maximum Gasteiger partial charge on any atom is 0.273 e. The van der Waals surface area contributed by atoms with E-state index in [0.29, 0.717) is 16.3 Å². The van der Waals surface area contributed by atoms with Gasteiger partial charge in [-0.15, -0.1) is 0 Å². The molecule has 0 heterocycles. The molecule has 0 aliphatic carbocycles. The van der Waals surface area contributed by atoms with E-state index in [4.69, 9.17) is 17.3 Å². The quantitative estimate of drug-likeness (QED) is 0.513. The minimum Gasteiger partial charge on any atom is -0.398 e. The molecule has 0 bridgehead atoms. The molecular formula is C14H12ClN3O. The SMILES string of the molecule is Nc1ccccc1C(=O)N/N=C\c1cccc(Cl)c1. The van der Waals surface area contributed by atoms with Gasteiger partial charge < -0.3 is 5.73 Å². The Kier molecular flexibility index (Phi) is 4.15. The highest BCUT2D eigenvalue weighted by Crippen LogP contribution is 2.10. The van der Waals surface area contributed by atoms with E-state index in [-0.39, 0.29) is 5.91 Å². The highest BCUT2D eigenvalue weighted by molar-refractivity contribution is 6.30. The van der Waals surface area contributed by atoms with Gasteiger partial charge in [-0.05, 0) is 29.8 Å². The fourth-order valence-electron chi connectivity index (χ4n) is 1.52. The molecule has 0 aliphatic heterocycles. The summed E-state index contributed by atoms with van der Waals surface area (Å²) in [5, 5.41) is 4.47. The maximum absolute atomic E-state index is 11.8. The Morgan fingerprint density at radius 3 is 2.74 bits per heavy atom. The number of rotatable bonds is 3. The first-order valence-electron chi connectivity index (χ1n) is 5.60. The molecule has 0 spiro atoms. The van der Waals surface area contributed by atoms with Gasteiger partial charge in [0.25, 0.3) is 5.91 Å². The van der Waals surface area contributed by atoms with Gasteiger partial charge in [0.05, 0.1) is 11.8 Å². The van der Waals surface area contributed by atoms with Crippen molar-refractivity contribution in [1.82, 2.24) is 5.43 Å². The number of halogens is 1. The molecule has 0 fully saturated rings. The molecule has 1 amide bonds. The van der Waals surface area contributed by atoms with Crippen LogP contribution in [0.4, 0.5) is 5.69 Å². The number of amides is 1. The van der Waals surface area contributed by atoms with Crippen LogP contribution in [0.5, 0.6) is 0 Å². The van der Waals surface area contributed by atoms with Crippen molar-refractivity contribution in [3.8, 4) is 0 Å². The van der Waals surface area contributed by atoms with Gasteiger partial charge in [0, 0.05) is 10.7 Å². The largest absolute Gasteiger partial charge is 0.398 e. The standard InChI is InChI=1S/C14H12ClN3O/c15-11-5-3-4-10(8-11)9-17-18-14(19)12-6-1-2-7-13(12)16/h1-9H,16H2,(H,18,19)/b17-9-. The van der Waals surface area contributed by atoms with Crippen LogP contribution in [-0.4, -0.2) is 12.1 Å². The number of para-hydroxylation sites is 1. The summed E-state index contributed by atoms with van der Waals surface area (Å²) in [4.78, 5) is 11.8. The smallest absolute Gasteiger partial charge is 0.273 e. The summed E-state index contributed by atoms with van der Waals surface area (Å²) in [7, 11) is 0. The van der Waals surface area contributed by atoms with Crippen molar-refractivity contribution < 1.29 is 4.79 Å². The third-order valence-electron chi connectivity index (χ3n) is 2.43. The van der Waals surface area contributed by atoms with Crippen LogP contribution >= 0.6 is 11.6 Å². The molecule has 2 rings (SSSR count). The number of benzene rings is 2. The van der Waals surface area contributed by atoms with Gasteiger partial charge in [0.1, 0.15) is 0 Å². The summed E-state index contributed by atoms with van der Waals surface area (Å²) in [6.07, 6.45) is 1.52. The number of hydrogen-bond acceptors (Lipinski definition) is 3. The molecule has 19 heavy (non-hydrogen) atoms. The van der Waals surface area contributed by atoms with Crippen LogP contribution in [0.25, 0.3) is 0 Å². The molecule has 0 aromatic heterocycles. The van der Waals surface area contributed by atoms with Gasteiger partial charge in [-0.3, -0.25) is 4.79 Å². The molecule has 0 unspecified atom stereocenters. The molecule has 3 N–H and O–H groups in total. The summed E-state index contributed by atoms with van der Waals surface area (Å²) in [5.41, 5.74) is 9.72. The number of nitrogens with two attached hydrogens (primary N) is 1. The van der Waals surface area contributed by atoms with Crippen LogP contribution in [-0.2, 0) is 0 Å². The van der Waals surface area contributed by atoms with Gasteiger partial charge in [0.2, 0.25) is 0 Å². The van der Waals surface area contributed by atoms with E-state index >= 15 is 0 Å². The zero-order valence-corrected chi connectivity index (χ0v) is 10.8. The number of anilines is 1. The third-order valence-corrected chi connectivity index (χ3v) is 2.67. The topological polar surface area (TPSA) is 67.5 Å². The number of carbonyl (C=O) groups is 1. The zero-order valence-electron chi connectivity index (χ0n) is 10.0. The van der Waals surface area contributed by atoms with Crippen LogP contribution in [0, 0.1) is 0 Å². The van der Waals surface area contributed by atoms with Crippen molar-refractivity contribution in [1.29, 1.82) is 0 Å². The molecule has 5 heteroatoms. The summed E-state index contributed by atoms with van der Waals surface area (Å²) < 4.78 is 0. The normalized spacial score (nSPS) is 10.6. The third kappa shape index (κ3) is 3.56. The molecule has 2 aromatic carbocycles. The second-order valence-electron chi connectivity index (χ2n) is 3.84. The van der Waals surface area contributed by atoms with Crippen molar-refractivity contribution in [3.63, 3.8) is 0 Å². The number of hydrogen-bond donors (Lipinski definition) is 2. The Morgan fingerprint density at radius 1 is 1.21 bits per heavy atom. The Labute approximate surface area is 115 Å². The summed E-state index contributed by atoms with van der Waals surface area (Å²) in [6.45, 7) is 0. The van der Waals surface area contributed by atoms with Crippen molar-refractivity contribution in [2.75, 3.05) is 5.73 Å². The van der Waals surface area contributed by atoms with E-state index in [1.54, 1.807) is 42.5 Å². The van der Waals surface area contributed by atoms with E-state index in [9.17, 15) is 4.79 Å². The molecule has 0 saturated heterocycles. The molecule has 96 valence electrons. The van der Waals surface area contributed by atoms with E-state index in [1.807, 2.05) is 6.07 Å². The Balaban J connectivity index is 2.03. The molecule has 0 atom stereocenters. The lowest BCUT2D eigenvalue weighted by molar-refractivity contribution is 0.0956. The number of hydrazone groups is 1. The van der Waals surface area contributed by atoms with E-state index in [0.717, 1.165) is 5.56 Å². The summed E-state index contributed by atoms with van der Waals surface area (Å²) in [6, 6.07) is 14.0. The lowest BCUT2D eigenvalue weighted by Crippen LogP contribution is -2.18. The average Bonchev–Trinajstić information content (AvgIpc) is 2.39. The van der Waals surface area contributed by atoms with Crippen molar-refractivity contribution in [2.45, 2.75) is 0 Å². The minimum atomic E-state index is -0.351. The predicted molar refractivity (Wildman–Crippen MR) is 77.4 cm³/mol. The van der Waals surface area contributed by atoms with Crippen molar-refractivity contribution >= 4 is 29.4 Å². The monoisotopic (exact) mass is 273 g/mol.